The van der Waals surface area contributed by atoms with Crippen molar-refractivity contribution in [1.29, 1.82) is 0 Å². The largest absolute Gasteiger partial charge is 0.497 e. The Hall–Kier alpha value is -1.75. The summed E-state index contributed by atoms with van der Waals surface area (Å²) in [7, 11) is 5.20. The third kappa shape index (κ3) is 2.97. The maximum Gasteiger partial charge on any atom is 0.230 e. The predicted molar refractivity (Wildman–Crippen MR) is 93.3 cm³/mol. The first-order chi connectivity index (χ1) is 11.6. The number of hydrogen-bond donors (Lipinski definition) is 1. The minimum absolute atomic E-state index is 0.202. The maximum absolute atomic E-state index is 13.2. The third-order valence-corrected chi connectivity index (χ3v) is 5.71. The minimum atomic E-state index is -0.202. The number of methoxy groups -OCH3 is 2. The second kappa shape index (κ2) is 7.01. The molecule has 132 valence electrons. The van der Waals surface area contributed by atoms with E-state index < -0.39 is 0 Å². The molecule has 1 amide bonds. The maximum atomic E-state index is 13.2. The van der Waals surface area contributed by atoms with Gasteiger partial charge in [0.15, 0.2) is 0 Å². The van der Waals surface area contributed by atoms with Crippen molar-refractivity contribution in [3.05, 3.63) is 23.8 Å². The molecule has 1 saturated heterocycles. The second-order valence-electron chi connectivity index (χ2n) is 7.07. The SMILES string of the molecule is COc1ccc(CN(C)C(=O)[C@@]23CCCC[C@H]2CNC3)c(OC)c1. The molecule has 0 unspecified atom stereocenters. The molecule has 0 spiro atoms. The Kier molecular flexibility index (Phi) is 4.99. The molecule has 2 aliphatic rings. The Bertz CT molecular complexity index is 604. The Morgan fingerprint density at radius 2 is 2.17 bits per heavy atom. The lowest BCUT2D eigenvalue weighted by Gasteiger charge is -2.40. The van der Waals surface area contributed by atoms with Crippen LogP contribution in [0.15, 0.2) is 18.2 Å². The van der Waals surface area contributed by atoms with Crippen molar-refractivity contribution < 1.29 is 14.3 Å². The molecular formula is C19H28N2O3. The van der Waals surface area contributed by atoms with Gasteiger partial charge in [-0.15, -0.1) is 0 Å². The van der Waals surface area contributed by atoms with E-state index >= 15 is 0 Å². The summed E-state index contributed by atoms with van der Waals surface area (Å²) in [4.78, 5) is 15.1. The summed E-state index contributed by atoms with van der Waals surface area (Å²) in [6.07, 6.45) is 4.58. The van der Waals surface area contributed by atoms with Crippen molar-refractivity contribution in [3.63, 3.8) is 0 Å². The fourth-order valence-corrected chi connectivity index (χ4v) is 4.36. The quantitative estimate of drug-likeness (QED) is 0.900. The number of fused-ring (bicyclic) bond motifs is 1. The van der Waals surface area contributed by atoms with Crippen LogP contribution in [0.3, 0.4) is 0 Å². The normalized spacial score (nSPS) is 25.9. The minimum Gasteiger partial charge on any atom is -0.497 e. The van der Waals surface area contributed by atoms with Crippen LogP contribution in [-0.2, 0) is 11.3 Å². The zero-order valence-electron chi connectivity index (χ0n) is 14.9. The lowest BCUT2D eigenvalue weighted by Crippen LogP contribution is -2.48. The van der Waals surface area contributed by atoms with Crippen LogP contribution in [0, 0.1) is 11.3 Å². The highest BCUT2D eigenvalue weighted by Crippen LogP contribution is 2.45. The number of carbonyl (C=O) groups excluding carboxylic acids is 1. The molecular weight excluding hydrogens is 304 g/mol. The van der Waals surface area contributed by atoms with E-state index in [1.807, 2.05) is 30.1 Å². The van der Waals surface area contributed by atoms with Crippen LogP contribution in [0.25, 0.3) is 0 Å². The first-order valence-corrected chi connectivity index (χ1v) is 8.78. The number of amides is 1. The van der Waals surface area contributed by atoms with Crippen LogP contribution in [0.1, 0.15) is 31.2 Å². The molecule has 1 aliphatic carbocycles. The molecule has 24 heavy (non-hydrogen) atoms. The number of nitrogens with one attached hydrogen (secondary N) is 1. The van der Waals surface area contributed by atoms with Gasteiger partial charge in [0.25, 0.3) is 0 Å². The van der Waals surface area contributed by atoms with E-state index in [9.17, 15) is 4.79 Å². The third-order valence-electron chi connectivity index (χ3n) is 5.71. The molecule has 1 aromatic carbocycles. The van der Waals surface area contributed by atoms with E-state index in [4.69, 9.17) is 9.47 Å². The molecule has 3 rings (SSSR count). The molecule has 5 heteroatoms. The summed E-state index contributed by atoms with van der Waals surface area (Å²) < 4.78 is 10.7. The summed E-state index contributed by atoms with van der Waals surface area (Å²) >= 11 is 0. The van der Waals surface area contributed by atoms with E-state index in [0.717, 1.165) is 43.0 Å². The molecule has 0 radical (unpaired) electrons. The van der Waals surface area contributed by atoms with Gasteiger partial charge in [0.1, 0.15) is 11.5 Å². The zero-order valence-corrected chi connectivity index (χ0v) is 14.9. The van der Waals surface area contributed by atoms with E-state index in [1.165, 1.54) is 12.8 Å². The number of benzene rings is 1. The predicted octanol–water partition coefficient (Wildman–Crippen LogP) is 2.44. The lowest BCUT2D eigenvalue weighted by atomic mass is 9.67. The second-order valence-corrected chi connectivity index (χ2v) is 7.07. The van der Waals surface area contributed by atoms with Crippen LogP contribution in [-0.4, -0.2) is 45.2 Å². The van der Waals surface area contributed by atoms with Crippen LogP contribution in [0.4, 0.5) is 0 Å². The summed E-state index contributed by atoms with van der Waals surface area (Å²) in [5, 5.41) is 3.45. The Balaban J connectivity index is 1.77. The molecule has 1 aliphatic heterocycles. The molecule has 5 nitrogen and oxygen atoms in total. The van der Waals surface area contributed by atoms with Gasteiger partial charge in [-0.1, -0.05) is 12.8 Å². The summed E-state index contributed by atoms with van der Waals surface area (Å²) in [6.45, 7) is 2.35. The summed E-state index contributed by atoms with van der Waals surface area (Å²) in [5.74, 6) is 2.28. The standard InChI is InChI=1S/C19H28N2O3/c1-21(12-14-7-8-16(23-2)10-17(14)24-3)18(22)19-9-5-4-6-15(19)11-20-13-19/h7-8,10,15,20H,4-6,9,11-13H2,1-3H3/t15-,19+/m0/s1. The zero-order chi connectivity index (χ0) is 17.2. The van der Waals surface area contributed by atoms with Crippen molar-refractivity contribution in [2.45, 2.75) is 32.2 Å². The van der Waals surface area contributed by atoms with Crippen LogP contribution < -0.4 is 14.8 Å². The fourth-order valence-electron chi connectivity index (χ4n) is 4.36. The lowest BCUT2D eigenvalue weighted by molar-refractivity contribution is -0.144. The average molecular weight is 332 g/mol. The van der Waals surface area contributed by atoms with Crippen LogP contribution in [0.2, 0.25) is 0 Å². The molecule has 1 N–H and O–H groups in total. The molecule has 2 fully saturated rings. The highest BCUT2D eigenvalue weighted by Gasteiger charge is 2.50. The Morgan fingerprint density at radius 1 is 1.33 bits per heavy atom. The van der Waals surface area contributed by atoms with E-state index in [2.05, 4.69) is 5.32 Å². The van der Waals surface area contributed by atoms with Gasteiger partial charge >= 0.3 is 0 Å². The first kappa shape index (κ1) is 17.1. The monoisotopic (exact) mass is 332 g/mol. The number of hydrogen-bond acceptors (Lipinski definition) is 4. The van der Waals surface area contributed by atoms with Gasteiger partial charge < -0.3 is 19.7 Å². The number of rotatable bonds is 5. The molecule has 1 heterocycles. The summed E-state index contributed by atoms with van der Waals surface area (Å²) in [6, 6.07) is 5.76. The average Bonchev–Trinajstić information content (AvgIpc) is 3.06. The van der Waals surface area contributed by atoms with Crippen molar-refractivity contribution in [2.75, 3.05) is 34.4 Å². The first-order valence-electron chi connectivity index (χ1n) is 8.78. The molecule has 0 aromatic heterocycles. The van der Waals surface area contributed by atoms with E-state index in [1.54, 1.807) is 14.2 Å². The number of ether oxygens (including phenoxy) is 2. The topological polar surface area (TPSA) is 50.8 Å². The van der Waals surface area contributed by atoms with Crippen molar-refractivity contribution in [1.82, 2.24) is 10.2 Å². The number of carbonyl (C=O) groups is 1. The molecule has 2 atom stereocenters. The van der Waals surface area contributed by atoms with Gasteiger partial charge in [-0.2, -0.15) is 0 Å². The van der Waals surface area contributed by atoms with Gasteiger partial charge in [0.2, 0.25) is 5.91 Å². The van der Waals surface area contributed by atoms with Gasteiger partial charge in [-0.05, 0) is 37.4 Å². The van der Waals surface area contributed by atoms with Gasteiger partial charge in [-0.3, -0.25) is 4.79 Å². The fraction of sp³-hybridized carbons (Fsp3) is 0.632. The van der Waals surface area contributed by atoms with Crippen molar-refractivity contribution >= 4 is 5.91 Å². The van der Waals surface area contributed by atoms with Crippen molar-refractivity contribution in [3.8, 4) is 11.5 Å². The Labute approximate surface area is 144 Å². The highest BCUT2D eigenvalue weighted by molar-refractivity contribution is 5.84. The van der Waals surface area contributed by atoms with E-state index in [0.29, 0.717) is 12.5 Å². The van der Waals surface area contributed by atoms with Crippen molar-refractivity contribution in [2.24, 2.45) is 11.3 Å². The van der Waals surface area contributed by atoms with Crippen LogP contribution >= 0.6 is 0 Å². The molecule has 0 bridgehead atoms. The smallest absolute Gasteiger partial charge is 0.230 e. The highest BCUT2D eigenvalue weighted by atomic mass is 16.5. The molecule has 1 aromatic rings. The Morgan fingerprint density at radius 3 is 2.92 bits per heavy atom. The number of nitrogens with zero attached hydrogens (tertiary/aromatic N) is 1. The van der Waals surface area contributed by atoms with Gasteiger partial charge in [0, 0.05) is 31.8 Å². The summed E-state index contributed by atoms with van der Waals surface area (Å²) in [5.41, 5.74) is 0.802. The van der Waals surface area contributed by atoms with Gasteiger partial charge in [0.05, 0.1) is 19.6 Å². The van der Waals surface area contributed by atoms with Crippen LogP contribution in [0.5, 0.6) is 11.5 Å². The van der Waals surface area contributed by atoms with Gasteiger partial charge in [-0.25, -0.2) is 0 Å². The van der Waals surface area contributed by atoms with E-state index in [-0.39, 0.29) is 11.3 Å². The molecule has 1 saturated carbocycles.